The van der Waals surface area contributed by atoms with Gasteiger partial charge in [0.1, 0.15) is 0 Å². The molecular weight excluding hydrogens is 470 g/mol. The molecule has 0 fully saturated rings. The Morgan fingerprint density at radius 2 is 1.74 bits per heavy atom. The number of nitrogens with zero attached hydrogens (tertiary/aromatic N) is 1. The monoisotopic (exact) mass is 491 g/mol. The first-order chi connectivity index (χ1) is 16.9. The van der Waals surface area contributed by atoms with Gasteiger partial charge in [-0.25, -0.2) is 10.2 Å². The lowest BCUT2D eigenvalue weighted by molar-refractivity contribution is -0.129. The minimum absolute atomic E-state index is 0.236. The van der Waals surface area contributed by atoms with Gasteiger partial charge in [0.2, 0.25) is 0 Å². The zero-order valence-corrected chi connectivity index (χ0v) is 19.5. The molecule has 0 heterocycles. The normalized spacial score (nSPS) is 10.8. The number of methoxy groups -OCH3 is 1. The maximum absolute atomic E-state index is 12.1. The Kier molecular flexibility index (Phi) is 9.15. The summed E-state index contributed by atoms with van der Waals surface area (Å²) in [5.41, 5.74) is 4.12. The summed E-state index contributed by atoms with van der Waals surface area (Å²) in [6, 6.07) is 20.5. The van der Waals surface area contributed by atoms with E-state index in [1.807, 2.05) is 30.3 Å². The Bertz CT molecular complexity index is 1260. The van der Waals surface area contributed by atoms with E-state index in [9.17, 15) is 14.4 Å². The molecule has 0 aliphatic heterocycles. The van der Waals surface area contributed by atoms with E-state index in [0.29, 0.717) is 21.9 Å². The van der Waals surface area contributed by atoms with Crippen LogP contribution >= 0.6 is 11.6 Å². The molecule has 0 unspecified atom stereocenters. The van der Waals surface area contributed by atoms with Crippen molar-refractivity contribution in [2.45, 2.75) is 0 Å². The van der Waals surface area contributed by atoms with E-state index < -0.39 is 17.8 Å². The second-order valence-corrected chi connectivity index (χ2v) is 7.50. The number of carbonyl (C=O) groups is 3. The summed E-state index contributed by atoms with van der Waals surface area (Å²) in [4.78, 5) is 36.1. The number of rotatable bonds is 9. The molecule has 8 nitrogen and oxygen atoms in total. The topological polar surface area (TPSA) is 106 Å². The number of nitrogens with one attached hydrogen (secondary N) is 2. The van der Waals surface area contributed by atoms with Gasteiger partial charge in [0.15, 0.2) is 11.5 Å². The van der Waals surface area contributed by atoms with Gasteiger partial charge in [-0.05, 0) is 53.6 Å². The molecule has 0 aliphatic carbocycles. The first-order valence-electron chi connectivity index (χ1n) is 10.4. The average molecular weight is 492 g/mol. The van der Waals surface area contributed by atoms with E-state index in [1.165, 1.54) is 25.5 Å². The van der Waals surface area contributed by atoms with Crippen molar-refractivity contribution in [2.24, 2.45) is 5.10 Å². The highest BCUT2D eigenvalue weighted by Crippen LogP contribution is 2.27. The molecule has 0 saturated carbocycles. The van der Waals surface area contributed by atoms with Gasteiger partial charge in [0.05, 0.1) is 19.9 Å². The maximum Gasteiger partial charge on any atom is 0.336 e. The van der Waals surface area contributed by atoms with Gasteiger partial charge >= 0.3 is 5.97 Å². The van der Waals surface area contributed by atoms with Crippen molar-refractivity contribution in [1.82, 2.24) is 10.7 Å². The quantitative estimate of drug-likeness (QED) is 0.155. The summed E-state index contributed by atoms with van der Waals surface area (Å²) in [6.45, 7) is -0.266. The largest absolute Gasteiger partial charge is 0.493 e. The highest BCUT2D eigenvalue weighted by Gasteiger charge is 2.10. The van der Waals surface area contributed by atoms with E-state index in [4.69, 9.17) is 21.1 Å². The van der Waals surface area contributed by atoms with Crippen molar-refractivity contribution in [3.63, 3.8) is 0 Å². The molecule has 9 heteroatoms. The second kappa shape index (κ2) is 12.7. The van der Waals surface area contributed by atoms with Gasteiger partial charge in [-0.15, -0.1) is 0 Å². The molecule has 0 bridgehead atoms. The lowest BCUT2D eigenvalue weighted by Gasteiger charge is -2.08. The minimum atomic E-state index is -0.555. The molecule has 0 radical (unpaired) electrons. The lowest BCUT2D eigenvalue weighted by Crippen LogP contribution is -2.34. The van der Waals surface area contributed by atoms with Crippen LogP contribution in [0.5, 0.6) is 11.5 Å². The molecule has 2 amide bonds. The van der Waals surface area contributed by atoms with E-state index >= 15 is 0 Å². The van der Waals surface area contributed by atoms with Crippen molar-refractivity contribution in [2.75, 3.05) is 13.7 Å². The van der Waals surface area contributed by atoms with E-state index in [0.717, 1.165) is 5.56 Å². The molecule has 0 saturated heterocycles. The van der Waals surface area contributed by atoms with E-state index in [-0.39, 0.29) is 12.3 Å². The molecule has 0 aromatic heterocycles. The zero-order chi connectivity index (χ0) is 25.0. The van der Waals surface area contributed by atoms with Crippen LogP contribution in [0.1, 0.15) is 21.5 Å². The number of esters is 1. The van der Waals surface area contributed by atoms with Gasteiger partial charge in [0, 0.05) is 16.7 Å². The van der Waals surface area contributed by atoms with Gasteiger partial charge in [-0.1, -0.05) is 48.0 Å². The van der Waals surface area contributed by atoms with Crippen molar-refractivity contribution in [3.05, 3.63) is 101 Å². The Labute approximate surface area is 207 Å². The average Bonchev–Trinajstić information content (AvgIpc) is 2.87. The first-order valence-corrected chi connectivity index (χ1v) is 10.8. The minimum Gasteiger partial charge on any atom is -0.493 e. The Hall–Kier alpha value is -4.43. The molecule has 35 heavy (non-hydrogen) atoms. The summed E-state index contributed by atoms with van der Waals surface area (Å²) >= 11 is 5.86. The third-order valence-corrected chi connectivity index (χ3v) is 4.74. The highest BCUT2D eigenvalue weighted by atomic mass is 35.5. The molecule has 0 atom stereocenters. The summed E-state index contributed by atoms with van der Waals surface area (Å²) in [6.07, 6.45) is 4.36. The summed E-state index contributed by atoms with van der Waals surface area (Å²) in [7, 11) is 1.44. The van der Waals surface area contributed by atoms with Crippen LogP contribution in [-0.4, -0.2) is 37.7 Å². The predicted octanol–water partition coefficient (Wildman–Crippen LogP) is 3.85. The Balaban J connectivity index is 1.51. The van der Waals surface area contributed by atoms with Crippen LogP contribution in [0, 0.1) is 0 Å². The SMILES string of the molecule is COc1cc(/C=N/NC(=O)CNC(=O)c2cccc(Cl)c2)ccc1OC(=O)/C=C/c1ccccc1. The molecule has 2 N–H and O–H groups in total. The first kappa shape index (κ1) is 25.2. The Morgan fingerprint density at radius 3 is 2.49 bits per heavy atom. The van der Waals surface area contributed by atoms with Gasteiger partial charge < -0.3 is 14.8 Å². The fourth-order valence-electron chi connectivity index (χ4n) is 2.83. The van der Waals surface area contributed by atoms with Crippen LogP contribution in [0.4, 0.5) is 0 Å². The maximum atomic E-state index is 12.1. The molecule has 3 rings (SSSR count). The second-order valence-electron chi connectivity index (χ2n) is 7.06. The fraction of sp³-hybridized carbons (Fsp3) is 0.0769. The van der Waals surface area contributed by atoms with Crippen molar-refractivity contribution in [1.29, 1.82) is 0 Å². The van der Waals surface area contributed by atoms with Crippen molar-refractivity contribution >= 4 is 41.7 Å². The number of carbonyl (C=O) groups excluding carboxylic acids is 3. The number of benzene rings is 3. The number of ether oxygens (including phenoxy) is 2. The molecule has 0 spiro atoms. The summed E-state index contributed by atoms with van der Waals surface area (Å²) < 4.78 is 10.6. The van der Waals surface area contributed by atoms with Gasteiger partial charge in [-0.2, -0.15) is 5.10 Å². The van der Waals surface area contributed by atoms with E-state index in [2.05, 4.69) is 15.8 Å². The number of hydrogen-bond donors (Lipinski definition) is 2. The molecule has 3 aromatic carbocycles. The summed E-state index contributed by atoms with van der Waals surface area (Å²) in [5, 5.41) is 6.77. The zero-order valence-electron chi connectivity index (χ0n) is 18.7. The molecule has 0 aliphatic rings. The predicted molar refractivity (Wildman–Crippen MR) is 134 cm³/mol. The van der Waals surface area contributed by atoms with Crippen molar-refractivity contribution in [3.8, 4) is 11.5 Å². The fourth-order valence-corrected chi connectivity index (χ4v) is 3.02. The van der Waals surface area contributed by atoms with Gasteiger partial charge in [0.25, 0.3) is 11.8 Å². The third-order valence-electron chi connectivity index (χ3n) is 4.51. The Morgan fingerprint density at radius 1 is 0.943 bits per heavy atom. The van der Waals surface area contributed by atoms with Crippen LogP contribution < -0.4 is 20.2 Å². The van der Waals surface area contributed by atoms with Crippen molar-refractivity contribution < 1.29 is 23.9 Å². The summed E-state index contributed by atoms with van der Waals surface area (Å²) in [5.74, 6) is -0.948. The van der Waals surface area contributed by atoms with E-state index in [1.54, 1.807) is 42.5 Å². The number of hydrazone groups is 1. The number of hydrogen-bond acceptors (Lipinski definition) is 6. The molecular formula is C26H22ClN3O5. The van der Waals surface area contributed by atoms with Crippen LogP contribution in [0.3, 0.4) is 0 Å². The standard InChI is InChI=1S/C26H22ClN3O5/c1-34-23-14-19(10-12-22(23)35-25(32)13-11-18-6-3-2-4-7-18)16-29-30-24(31)17-28-26(33)20-8-5-9-21(27)15-20/h2-16H,17H2,1H3,(H,28,33)(H,30,31)/b13-11+,29-16+. The van der Waals surface area contributed by atoms with Crippen LogP contribution in [0.25, 0.3) is 6.08 Å². The number of halogens is 1. The number of amides is 2. The molecule has 3 aromatic rings. The van der Waals surface area contributed by atoms with Crippen LogP contribution in [0.15, 0.2) is 84.0 Å². The highest BCUT2D eigenvalue weighted by molar-refractivity contribution is 6.31. The van der Waals surface area contributed by atoms with Crippen LogP contribution in [-0.2, 0) is 9.59 Å². The molecule has 178 valence electrons. The third kappa shape index (κ3) is 8.13. The van der Waals surface area contributed by atoms with Gasteiger partial charge in [-0.3, -0.25) is 9.59 Å². The van der Waals surface area contributed by atoms with Crippen LogP contribution in [0.2, 0.25) is 5.02 Å². The lowest BCUT2D eigenvalue weighted by atomic mass is 10.2. The smallest absolute Gasteiger partial charge is 0.336 e.